The molecular formula is C10H22N2O2S. The maximum atomic E-state index is 11.3. The van der Waals surface area contributed by atoms with E-state index in [1.54, 1.807) is 6.92 Å². The monoisotopic (exact) mass is 234 g/mol. The fraction of sp³-hybridized carbons (Fsp3) is 1.00. The van der Waals surface area contributed by atoms with Gasteiger partial charge >= 0.3 is 0 Å². The second kappa shape index (κ2) is 5.82. The lowest BCUT2D eigenvalue weighted by Crippen LogP contribution is -2.37. The smallest absolute Gasteiger partial charge is 0.211 e. The van der Waals surface area contributed by atoms with Crippen LogP contribution in [-0.2, 0) is 10.0 Å². The number of rotatable bonds is 5. The number of hydrogen-bond acceptors (Lipinski definition) is 3. The summed E-state index contributed by atoms with van der Waals surface area (Å²) in [4.78, 5) is 0. The molecule has 2 atom stereocenters. The Morgan fingerprint density at radius 3 is 2.40 bits per heavy atom. The first-order valence-corrected chi connectivity index (χ1v) is 7.41. The van der Waals surface area contributed by atoms with E-state index in [0.29, 0.717) is 24.9 Å². The van der Waals surface area contributed by atoms with E-state index in [-0.39, 0.29) is 5.75 Å². The Kier molecular flexibility index (Phi) is 5.02. The number of sulfonamides is 1. The van der Waals surface area contributed by atoms with E-state index in [2.05, 4.69) is 4.72 Å². The van der Waals surface area contributed by atoms with E-state index in [9.17, 15) is 8.42 Å². The molecule has 1 aliphatic rings. The van der Waals surface area contributed by atoms with Crippen molar-refractivity contribution in [2.75, 3.05) is 18.8 Å². The van der Waals surface area contributed by atoms with Gasteiger partial charge in [-0.2, -0.15) is 0 Å². The van der Waals surface area contributed by atoms with Gasteiger partial charge in [-0.3, -0.25) is 0 Å². The Hall–Kier alpha value is -0.130. The highest BCUT2D eigenvalue weighted by molar-refractivity contribution is 7.89. The molecule has 90 valence electrons. The van der Waals surface area contributed by atoms with E-state index in [0.717, 1.165) is 12.8 Å². The van der Waals surface area contributed by atoms with Gasteiger partial charge in [-0.1, -0.05) is 12.8 Å². The molecule has 1 aliphatic carbocycles. The molecule has 0 aromatic rings. The third-order valence-electron chi connectivity index (χ3n) is 3.31. The Bertz CT molecular complexity index is 277. The molecule has 0 heterocycles. The normalized spacial score (nSPS) is 27.9. The largest absolute Gasteiger partial charge is 0.330 e. The van der Waals surface area contributed by atoms with Crippen LogP contribution >= 0.6 is 0 Å². The third-order valence-corrected chi connectivity index (χ3v) is 4.68. The maximum Gasteiger partial charge on any atom is 0.211 e. The fourth-order valence-corrected chi connectivity index (χ4v) is 2.87. The lowest BCUT2D eigenvalue weighted by atomic mass is 9.79. The Morgan fingerprint density at radius 1 is 1.27 bits per heavy atom. The van der Waals surface area contributed by atoms with Crippen LogP contribution in [0, 0.1) is 11.8 Å². The van der Waals surface area contributed by atoms with Crippen molar-refractivity contribution < 1.29 is 8.42 Å². The first kappa shape index (κ1) is 12.9. The highest BCUT2D eigenvalue weighted by Gasteiger charge is 2.24. The molecular weight excluding hydrogens is 212 g/mol. The van der Waals surface area contributed by atoms with Crippen molar-refractivity contribution >= 4 is 10.0 Å². The SMILES string of the molecule is CCS(=O)(=O)NCC1CCCCC1CN. The van der Waals surface area contributed by atoms with E-state index >= 15 is 0 Å². The van der Waals surface area contributed by atoms with Gasteiger partial charge in [0.25, 0.3) is 0 Å². The Labute approximate surface area is 92.7 Å². The molecule has 1 fully saturated rings. The van der Waals surface area contributed by atoms with E-state index < -0.39 is 10.0 Å². The van der Waals surface area contributed by atoms with Gasteiger partial charge in [0.1, 0.15) is 0 Å². The molecule has 0 saturated heterocycles. The standard InChI is InChI=1S/C10H22N2O2S/c1-2-15(13,14)12-8-10-6-4-3-5-9(10)7-11/h9-10,12H,2-8,11H2,1H3. The zero-order valence-corrected chi connectivity index (χ0v) is 10.2. The van der Waals surface area contributed by atoms with Crippen molar-refractivity contribution in [2.24, 2.45) is 17.6 Å². The molecule has 0 bridgehead atoms. The lowest BCUT2D eigenvalue weighted by Gasteiger charge is -2.30. The first-order chi connectivity index (χ1) is 7.09. The summed E-state index contributed by atoms with van der Waals surface area (Å²) in [5.41, 5.74) is 5.69. The molecule has 3 N–H and O–H groups in total. The average Bonchev–Trinajstić information content (AvgIpc) is 2.27. The van der Waals surface area contributed by atoms with Crippen LogP contribution in [0.5, 0.6) is 0 Å². The van der Waals surface area contributed by atoms with Gasteiger partial charge in [-0.05, 0) is 38.1 Å². The summed E-state index contributed by atoms with van der Waals surface area (Å²) >= 11 is 0. The maximum absolute atomic E-state index is 11.3. The van der Waals surface area contributed by atoms with E-state index in [1.807, 2.05) is 0 Å². The molecule has 0 amide bonds. The summed E-state index contributed by atoms with van der Waals surface area (Å²) in [6.45, 7) is 2.90. The van der Waals surface area contributed by atoms with Gasteiger partial charge in [0.2, 0.25) is 10.0 Å². The van der Waals surface area contributed by atoms with Gasteiger partial charge in [0, 0.05) is 6.54 Å². The first-order valence-electron chi connectivity index (χ1n) is 5.76. The molecule has 0 aliphatic heterocycles. The van der Waals surface area contributed by atoms with Crippen LogP contribution < -0.4 is 10.5 Å². The number of nitrogens with two attached hydrogens (primary N) is 1. The van der Waals surface area contributed by atoms with Crippen LogP contribution in [-0.4, -0.2) is 27.3 Å². The van der Waals surface area contributed by atoms with E-state index in [1.165, 1.54) is 12.8 Å². The fourth-order valence-electron chi connectivity index (χ4n) is 2.20. The van der Waals surface area contributed by atoms with Gasteiger partial charge in [-0.15, -0.1) is 0 Å². The van der Waals surface area contributed by atoms with Crippen LogP contribution in [0.1, 0.15) is 32.6 Å². The van der Waals surface area contributed by atoms with Crippen LogP contribution in [0.2, 0.25) is 0 Å². The molecule has 5 heteroatoms. The van der Waals surface area contributed by atoms with Crippen LogP contribution in [0.4, 0.5) is 0 Å². The Balaban J connectivity index is 2.42. The Morgan fingerprint density at radius 2 is 1.87 bits per heavy atom. The third kappa shape index (κ3) is 4.09. The molecule has 1 rings (SSSR count). The van der Waals surface area contributed by atoms with Gasteiger partial charge in [-0.25, -0.2) is 13.1 Å². The summed E-state index contributed by atoms with van der Waals surface area (Å²) in [6.07, 6.45) is 4.69. The lowest BCUT2D eigenvalue weighted by molar-refractivity contribution is 0.245. The minimum Gasteiger partial charge on any atom is -0.330 e. The van der Waals surface area contributed by atoms with Crippen molar-refractivity contribution in [3.05, 3.63) is 0 Å². The zero-order chi connectivity index (χ0) is 11.3. The van der Waals surface area contributed by atoms with Gasteiger partial charge < -0.3 is 5.73 Å². The molecule has 1 saturated carbocycles. The molecule has 0 spiro atoms. The number of nitrogens with one attached hydrogen (secondary N) is 1. The minimum atomic E-state index is -3.04. The molecule has 15 heavy (non-hydrogen) atoms. The van der Waals surface area contributed by atoms with Gasteiger partial charge in [0.05, 0.1) is 5.75 Å². The zero-order valence-electron chi connectivity index (χ0n) is 9.41. The van der Waals surface area contributed by atoms with Crippen molar-refractivity contribution in [3.8, 4) is 0 Å². The van der Waals surface area contributed by atoms with Crippen molar-refractivity contribution in [3.63, 3.8) is 0 Å². The minimum absolute atomic E-state index is 0.160. The van der Waals surface area contributed by atoms with Crippen molar-refractivity contribution in [1.82, 2.24) is 4.72 Å². The summed E-state index contributed by atoms with van der Waals surface area (Å²) in [5.74, 6) is 1.09. The number of hydrogen-bond donors (Lipinski definition) is 2. The predicted octanol–water partition coefficient (Wildman–Crippen LogP) is 0.691. The summed E-state index contributed by atoms with van der Waals surface area (Å²) in [7, 11) is -3.04. The molecule has 2 unspecified atom stereocenters. The second-order valence-corrected chi connectivity index (χ2v) is 6.39. The molecule has 0 aromatic carbocycles. The van der Waals surface area contributed by atoms with Gasteiger partial charge in [0.15, 0.2) is 0 Å². The predicted molar refractivity (Wildman–Crippen MR) is 62.0 cm³/mol. The van der Waals surface area contributed by atoms with Crippen molar-refractivity contribution in [2.45, 2.75) is 32.6 Å². The quantitative estimate of drug-likeness (QED) is 0.735. The highest BCUT2D eigenvalue weighted by Crippen LogP contribution is 2.28. The molecule has 0 aromatic heterocycles. The van der Waals surface area contributed by atoms with Crippen molar-refractivity contribution in [1.29, 1.82) is 0 Å². The summed E-state index contributed by atoms with van der Waals surface area (Å²) < 4.78 is 25.2. The summed E-state index contributed by atoms with van der Waals surface area (Å²) in [5, 5.41) is 0. The van der Waals surface area contributed by atoms with Crippen LogP contribution in [0.3, 0.4) is 0 Å². The average molecular weight is 234 g/mol. The molecule has 4 nitrogen and oxygen atoms in total. The topological polar surface area (TPSA) is 72.2 Å². The van der Waals surface area contributed by atoms with E-state index in [4.69, 9.17) is 5.73 Å². The van der Waals surface area contributed by atoms with Crippen LogP contribution in [0.25, 0.3) is 0 Å². The van der Waals surface area contributed by atoms with Crippen LogP contribution in [0.15, 0.2) is 0 Å². The summed E-state index contributed by atoms with van der Waals surface area (Å²) in [6, 6.07) is 0. The second-order valence-electron chi connectivity index (χ2n) is 4.29. The highest BCUT2D eigenvalue weighted by atomic mass is 32.2. The molecule has 0 radical (unpaired) electrons.